The molecule has 0 heterocycles. The molecule has 6 nitrogen and oxygen atoms in total. The van der Waals surface area contributed by atoms with Crippen molar-refractivity contribution < 1.29 is 22.9 Å². The van der Waals surface area contributed by atoms with Gasteiger partial charge >= 0.3 is 0 Å². The summed E-state index contributed by atoms with van der Waals surface area (Å²) in [7, 11) is -4.35. The Morgan fingerprint density at radius 1 is 0.578 bits per heavy atom. The first-order valence-corrected chi connectivity index (χ1v) is 20.3. The average molecular weight is 654 g/mol. The summed E-state index contributed by atoms with van der Waals surface area (Å²) in [6, 6.07) is -1.07. The summed E-state index contributed by atoms with van der Waals surface area (Å²) in [5.41, 5.74) is 0. The lowest BCUT2D eigenvalue weighted by molar-refractivity contribution is -0.122. The molecular weight excluding hydrogens is 582 g/mol. The van der Waals surface area contributed by atoms with Gasteiger partial charge in [-0.3, -0.25) is 9.35 Å². The van der Waals surface area contributed by atoms with Gasteiger partial charge in [0.15, 0.2) is 0 Å². The van der Waals surface area contributed by atoms with E-state index in [1.807, 2.05) is 0 Å². The van der Waals surface area contributed by atoms with Gasteiger partial charge in [-0.05, 0) is 44.9 Å². The van der Waals surface area contributed by atoms with E-state index in [0.717, 1.165) is 44.9 Å². The van der Waals surface area contributed by atoms with Crippen molar-refractivity contribution in [1.29, 1.82) is 0 Å². The second-order valence-electron chi connectivity index (χ2n) is 12.8. The SMILES string of the molecule is CCCCCC/C=C/CC/C=C/CC/C=C/C(O)C(CS(=O)(=O)O)NC(=O)CCCCCCCCCCCCCCCCCC. The van der Waals surface area contributed by atoms with E-state index < -0.39 is 28.0 Å². The lowest BCUT2D eigenvalue weighted by atomic mass is 10.0. The largest absolute Gasteiger partial charge is 0.387 e. The predicted molar refractivity (Wildman–Crippen MR) is 193 cm³/mol. The van der Waals surface area contributed by atoms with Crippen molar-refractivity contribution in [3.63, 3.8) is 0 Å². The van der Waals surface area contributed by atoms with E-state index in [2.05, 4.69) is 43.5 Å². The smallest absolute Gasteiger partial charge is 0.267 e. The molecule has 0 aromatic heterocycles. The Labute approximate surface area is 278 Å². The summed E-state index contributed by atoms with van der Waals surface area (Å²) in [4.78, 5) is 12.5. The first-order chi connectivity index (χ1) is 21.8. The molecule has 45 heavy (non-hydrogen) atoms. The summed E-state index contributed by atoms with van der Waals surface area (Å²) >= 11 is 0. The Morgan fingerprint density at radius 2 is 0.956 bits per heavy atom. The van der Waals surface area contributed by atoms with Crippen molar-refractivity contribution in [3.05, 3.63) is 36.5 Å². The van der Waals surface area contributed by atoms with Crippen LogP contribution in [0.25, 0.3) is 0 Å². The molecule has 0 aliphatic carbocycles. The third kappa shape index (κ3) is 33.7. The minimum Gasteiger partial charge on any atom is -0.387 e. The molecule has 2 atom stereocenters. The molecule has 0 aromatic rings. The molecule has 0 aromatic carbocycles. The molecule has 0 saturated heterocycles. The van der Waals surface area contributed by atoms with Crippen LogP contribution >= 0.6 is 0 Å². The summed E-state index contributed by atoms with van der Waals surface area (Å²) in [6.07, 6.45) is 41.2. The Morgan fingerprint density at radius 3 is 1.40 bits per heavy atom. The molecule has 0 radical (unpaired) electrons. The average Bonchev–Trinajstić information content (AvgIpc) is 3.00. The van der Waals surface area contributed by atoms with Crippen molar-refractivity contribution in [2.75, 3.05) is 5.75 Å². The maximum atomic E-state index is 12.5. The van der Waals surface area contributed by atoms with E-state index in [9.17, 15) is 22.9 Å². The number of allylic oxidation sites excluding steroid dienone is 5. The van der Waals surface area contributed by atoms with Crippen molar-refractivity contribution >= 4 is 16.0 Å². The quantitative estimate of drug-likeness (QED) is 0.0371. The van der Waals surface area contributed by atoms with E-state index in [1.54, 1.807) is 6.08 Å². The van der Waals surface area contributed by atoms with Gasteiger partial charge in [0.1, 0.15) is 0 Å². The topological polar surface area (TPSA) is 104 Å². The van der Waals surface area contributed by atoms with Crippen molar-refractivity contribution in [2.45, 2.75) is 193 Å². The molecule has 264 valence electrons. The highest BCUT2D eigenvalue weighted by molar-refractivity contribution is 7.85. The van der Waals surface area contributed by atoms with Gasteiger partial charge in [0.25, 0.3) is 10.1 Å². The zero-order valence-corrected chi connectivity index (χ0v) is 30.1. The third-order valence-corrected chi connectivity index (χ3v) is 9.08. The van der Waals surface area contributed by atoms with E-state index in [0.29, 0.717) is 6.42 Å². The molecule has 0 aliphatic rings. The molecule has 0 spiro atoms. The highest BCUT2D eigenvalue weighted by Gasteiger charge is 2.24. The van der Waals surface area contributed by atoms with Crippen LogP contribution in [0, 0.1) is 0 Å². The van der Waals surface area contributed by atoms with Gasteiger partial charge < -0.3 is 10.4 Å². The number of amides is 1. The van der Waals surface area contributed by atoms with Gasteiger partial charge in [0.05, 0.1) is 17.9 Å². The summed E-state index contributed by atoms with van der Waals surface area (Å²) in [5.74, 6) is -1.01. The Bertz CT molecular complexity index is 852. The van der Waals surface area contributed by atoms with Crippen LogP contribution in [0.2, 0.25) is 0 Å². The number of aliphatic hydroxyl groups is 1. The fraction of sp³-hybridized carbons (Fsp3) is 0.816. The standard InChI is InChI=1S/C38H71NO5S/c1-3-5-7-9-11-13-15-17-19-20-22-24-26-28-30-32-34-38(41)39-36(35-45(42,43)44)37(40)33-31-29-27-25-23-21-18-16-14-12-10-8-6-4-2/h14,16,23,25,31,33,36-37,40H,3-13,15,17-22,24,26-30,32,34-35H2,1-2H3,(H,39,41)(H,42,43,44)/b16-14+,25-23+,33-31+. The monoisotopic (exact) mass is 654 g/mol. The summed E-state index contributed by atoms with van der Waals surface area (Å²) in [5, 5.41) is 13.1. The maximum absolute atomic E-state index is 12.5. The molecular formula is C38H71NO5S. The predicted octanol–water partition coefficient (Wildman–Crippen LogP) is 10.6. The van der Waals surface area contributed by atoms with Gasteiger partial charge in [-0.15, -0.1) is 0 Å². The minimum atomic E-state index is -4.35. The third-order valence-electron chi connectivity index (χ3n) is 8.30. The highest BCUT2D eigenvalue weighted by atomic mass is 32.2. The van der Waals surface area contributed by atoms with Crippen LogP contribution in [0.15, 0.2) is 36.5 Å². The Hall–Kier alpha value is -1.44. The van der Waals surface area contributed by atoms with Crippen LogP contribution in [0.1, 0.15) is 181 Å². The zero-order chi connectivity index (χ0) is 33.3. The van der Waals surface area contributed by atoms with Crippen LogP contribution in [0.3, 0.4) is 0 Å². The zero-order valence-electron chi connectivity index (χ0n) is 29.2. The van der Waals surface area contributed by atoms with Crippen LogP contribution in [-0.4, -0.2) is 41.9 Å². The van der Waals surface area contributed by atoms with E-state index in [-0.39, 0.29) is 12.3 Å². The second-order valence-corrected chi connectivity index (χ2v) is 14.3. The Balaban J connectivity index is 4.02. The van der Waals surface area contributed by atoms with Crippen LogP contribution in [0.4, 0.5) is 0 Å². The van der Waals surface area contributed by atoms with Crippen LogP contribution < -0.4 is 5.32 Å². The number of unbranched alkanes of at least 4 members (excludes halogenated alkanes) is 21. The number of nitrogens with one attached hydrogen (secondary N) is 1. The van der Waals surface area contributed by atoms with E-state index >= 15 is 0 Å². The normalized spacial score (nSPS) is 13.8. The summed E-state index contributed by atoms with van der Waals surface area (Å²) < 4.78 is 32.3. The highest BCUT2D eigenvalue weighted by Crippen LogP contribution is 2.14. The molecule has 1 amide bonds. The van der Waals surface area contributed by atoms with Crippen molar-refractivity contribution in [3.8, 4) is 0 Å². The first kappa shape index (κ1) is 43.6. The number of aliphatic hydroxyl groups excluding tert-OH is 1. The number of carbonyl (C=O) groups is 1. The molecule has 0 bridgehead atoms. The van der Waals surface area contributed by atoms with Gasteiger partial charge in [0, 0.05) is 6.42 Å². The van der Waals surface area contributed by atoms with Crippen LogP contribution in [-0.2, 0) is 14.9 Å². The van der Waals surface area contributed by atoms with Crippen molar-refractivity contribution in [2.24, 2.45) is 0 Å². The van der Waals surface area contributed by atoms with Gasteiger partial charge in [0.2, 0.25) is 5.91 Å². The lowest BCUT2D eigenvalue weighted by Gasteiger charge is -2.21. The molecule has 0 rings (SSSR count). The molecule has 0 saturated carbocycles. The van der Waals surface area contributed by atoms with Crippen molar-refractivity contribution in [1.82, 2.24) is 5.32 Å². The second kappa shape index (κ2) is 32.5. The lowest BCUT2D eigenvalue weighted by Crippen LogP contribution is -2.46. The summed E-state index contributed by atoms with van der Waals surface area (Å²) in [6.45, 7) is 4.49. The number of hydrogen-bond acceptors (Lipinski definition) is 4. The minimum absolute atomic E-state index is 0.287. The fourth-order valence-corrected chi connectivity index (χ4v) is 6.21. The van der Waals surface area contributed by atoms with Crippen LogP contribution in [0.5, 0.6) is 0 Å². The number of hydrogen-bond donors (Lipinski definition) is 3. The van der Waals surface area contributed by atoms with Gasteiger partial charge in [-0.1, -0.05) is 166 Å². The molecule has 2 unspecified atom stereocenters. The fourth-order valence-electron chi connectivity index (χ4n) is 5.48. The van der Waals surface area contributed by atoms with E-state index in [4.69, 9.17) is 0 Å². The van der Waals surface area contributed by atoms with E-state index in [1.165, 1.54) is 115 Å². The molecule has 7 heteroatoms. The molecule has 0 aliphatic heterocycles. The Kier molecular flexibility index (Phi) is 31.5. The molecule has 3 N–H and O–H groups in total. The maximum Gasteiger partial charge on any atom is 0.267 e. The first-order valence-electron chi connectivity index (χ1n) is 18.7. The molecule has 0 fully saturated rings. The van der Waals surface area contributed by atoms with Gasteiger partial charge in [-0.25, -0.2) is 0 Å². The number of rotatable bonds is 33. The van der Waals surface area contributed by atoms with Gasteiger partial charge in [-0.2, -0.15) is 8.42 Å². The number of carbonyl (C=O) groups excluding carboxylic acids is 1.